The number of benzene rings is 2. The molecule has 2 aromatic rings. The van der Waals surface area contributed by atoms with Crippen LogP contribution in [0.3, 0.4) is 0 Å². The Morgan fingerprint density at radius 2 is 1.84 bits per heavy atom. The number of nitrogens with one attached hydrogen (secondary N) is 1. The van der Waals surface area contributed by atoms with Crippen molar-refractivity contribution in [2.24, 2.45) is 5.73 Å². The van der Waals surface area contributed by atoms with Crippen LogP contribution in [0, 0.1) is 24.0 Å². The second kappa shape index (κ2) is 5.06. The number of aryl methyl sites for hydroxylation is 1. The van der Waals surface area contributed by atoms with Crippen LogP contribution in [0.5, 0.6) is 11.5 Å². The van der Waals surface area contributed by atoms with E-state index in [4.69, 9.17) is 15.9 Å². The normalized spacial score (nSPS) is 10.3. The third-order valence-corrected chi connectivity index (χ3v) is 2.54. The Bertz CT molecular complexity index is 641. The van der Waals surface area contributed by atoms with Crippen LogP contribution in [0.2, 0.25) is 0 Å². The Kier molecular flexibility index (Phi) is 3.46. The lowest BCUT2D eigenvalue weighted by Gasteiger charge is -2.11. The van der Waals surface area contributed by atoms with Crippen LogP contribution in [-0.2, 0) is 0 Å². The molecule has 0 aliphatic heterocycles. The fourth-order valence-electron chi connectivity index (χ4n) is 1.62. The summed E-state index contributed by atoms with van der Waals surface area (Å²) in [7, 11) is 0. The van der Waals surface area contributed by atoms with Gasteiger partial charge in [0.1, 0.15) is 17.4 Å². The Morgan fingerprint density at radius 3 is 2.53 bits per heavy atom. The van der Waals surface area contributed by atoms with Crippen molar-refractivity contribution in [1.82, 2.24) is 0 Å². The van der Waals surface area contributed by atoms with Crippen LogP contribution in [0.4, 0.5) is 8.78 Å². The molecule has 3 N–H and O–H groups in total. The van der Waals surface area contributed by atoms with E-state index >= 15 is 0 Å². The zero-order chi connectivity index (χ0) is 14.0. The van der Waals surface area contributed by atoms with Crippen LogP contribution in [0.15, 0.2) is 36.4 Å². The molecule has 0 bridgehead atoms. The van der Waals surface area contributed by atoms with E-state index in [-0.39, 0.29) is 17.3 Å². The van der Waals surface area contributed by atoms with Gasteiger partial charge >= 0.3 is 0 Å². The van der Waals surface area contributed by atoms with Gasteiger partial charge in [0.15, 0.2) is 11.6 Å². The second-order valence-corrected chi connectivity index (χ2v) is 4.09. The van der Waals surface area contributed by atoms with Crippen molar-refractivity contribution >= 4 is 5.84 Å². The first-order chi connectivity index (χ1) is 8.97. The number of amidine groups is 1. The Morgan fingerprint density at radius 1 is 1.11 bits per heavy atom. The standard InChI is InChI=1S/C14H12F2N2O/c1-8-2-5-12(10(6-8)14(17)18)19-13-7-9(15)3-4-11(13)16/h2-7H,1H3,(H3,17,18). The number of halogens is 2. The van der Waals surface area contributed by atoms with Crippen molar-refractivity contribution in [3.63, 3.8) is 0 Å². The maximum atomic E-state index is 13.5. The van der Waals surface area contributed by atoms with Gasteiger partial charge in [0, 0.05) is 6.07 Å². The molecular weight excluding hydrogens is 250 g/mol. The molecule has 0 aliphatic rings. The highest BCUT2D eigenvalue weighted by atomic mass is 19.1. The Balaban J connectivity index is 2.43. The van der Waals surface area contributed by atoms with Crippen molar-refractivity contribution < 1.29 is 13.5 Å². The molecule has 0 radical (unpaired) electrons. The lowest BCUT2D eigenvalue weighted by Crippen LogP contribution is -2.12. The van der Waals surface area contributed by atoms with Crippen LogP contribution < -0.4 is 10.5 Å². The Labute approximate surface area is 109 Å². The average Bonchev–Trinajstić information content (AvgIpc) is 2.35. The van der Waals surface area contributed by atoms with E-state index in [9.17, 15) is 8.78 Å². The molecule has 0 atom stereocenters. The zero-order valence-electron chi connectivity index (χ0n) is 10.2. The predicted octanol–water partition coefficient (Wildman–Crippen LogP) is 3.35. The fraction of sp³-hybridized carbons (Fsp3) is 0.0714. The molecule has 0 heterocycles. The van der Waals surface area contributed by atoms with Crippen LogP contribution in [0.25, 0.3) is 0 Å². The minimum absolute atomic E-state index is 0.199. The minimum atomic E-state index is -0.684. The van der Waals surface area contributed by atoms with E-state index in [1.54, 1.807) is 18.2 Å². The third-order valence-electron chi connectivity index (χ3n) is 2.54. The summed E-state index contributed by atoms with van der Waals surface area (Å²) >= 11 is 0. The number of ether oxygens (including phenoxy) is 1. The van der Waals surface area contributed by atoms with Gasteiger partial charge in [-0.15, -0.1) is 0 Å². The number of nitrogens with two attached hydrogens (primary N) is 1. The molecule has 0 saturated heterocycles. The molecule has 0 aliphatic carbocycles. The highest BCUT2D eigenvalue weighted by Crippen LogP contribution is 2.28. The van der Waals surface area contributed by atoms with Crippen LogP contribution in [0.1, 0.15) is 11.1 Å². The predicted molar refractivity (Wildman–Crippen MR) is 68.6 cm³/mol. The summed E-state index contributed by atoms with van der Waals surface area (Å²) < 4.78 is 31.9. The lowest BCUT2D eigenvalue weighted by molar-refractivity contribution is 0.435. The molecule has 19 heavy (non-hydrogen) atoms. The molecule has 98 valence electrons. The van der Waals surface area contributed by atoms with Crippen molar-refractivity contribution in [3.8, 4) is 11.5 Å². The van der Waals surface area contributed by atoms with Crippen LogP contribution in [-0.4, -0.2) is 5.84 Å². The average molecular weight is 262 g/mol. The topological polar surface area (TPSA) is 59.1 Å². The highest BCUT2D eigenvalue weighted by Gasteiger charge is 2.11. The summed E-state index contributed by atoms with van der Waals surface area (Å²) in [6, 6.07) is 7.87. The molecule has 3 nitrogen and oxygen atoms in total. The molecule has 0 fully saturated rings. The number of nitrogen functional groups attached to an aromatic ring is 1. The van der Waals surface area contributed by atoms with E-state index in [0.717, 1.165) is 23.8 Å². The van der Waals surface area contributed by atoms with Gasteiger partial charge in [0.25, 0.3) is 0 Å². The van der Waals surface area contributed by atoms with Gasteiger partial charge in [0.2, 0.25) is 0 Å². The summed E-state index contributed by atoms with van der Waals surface area (Å²) in [6.45, 7) is 1.83. The van der Waals surface area contributed by atoms with E-state index in [1.165, 1.54) is 0 Å². The van der Waals surface area contributed by atoms with Crippen molar-refractivity contribution in [2.75, 3.05) is 0 Å². The number of rotatable bonds is 3. The van der Waals surface area contributed by atoms with E-state index < -0.39 is 11.6 Å². The van der Waals surface area contributed by atoms with Crippen molar-refractivity contribution in [1.29, 1.82) is 5.41 Å². The molecule has 0 unspecified atom stereocenters. The van der Waals surface area contributed by atoms with Crippen molar-refractivity contribution in [3.05, 3.63) is 59.2 Å². The van der Waals surface area contributed by atoms with Gasteiger partial charge in [-0.3, -0.25) is 5.41 Å². The smallest absolute Gasteiger partial charge is 0.166 e. The molecule has 0 aromatic heterocycles. The van der Waals surface area contributed by atoms with Crippen molar-refractivity contribution in [2.45, 2.75) is 6.92 Å². The number of hydrogen-bond donors (Lipinski definition) is 2. The summed E-state index contributed by atoms with van der Waals surface area (Å²) in [5.41, 5.74) is 6.66. The van der Waals surface area contributed by atoms with E-state index in [0.29, 0.717) is 5.56 Å². The summed E-state index contributed by atoms with van der Waals surface area (Å²) in [6.07, 6.45) is 0. The summed E-state index contributed by atoms with van der Waals surface area (Å²) in [4.78, 5) is 0. The molecule has 0 saturated carbocycles. The summed E-state index contributed by atoms with van der Waals surface area (Å²) in [5, 5.41) is 7.46. The first kappa shape index (κ1) is 13.0. The number of hydrogen-bond acceptors (Lipinski definition) is 2. The molecule has 2 rings (SSSR count). The minimum Gasteiger partial charge on any atom is -0.453 e. The SMILES string of the molecule is Cc1ccc(Oc2cc(F)ccc2F)c(C(=N)N)c1. The maximum absolute atomic E-state index is 13.5. The molecule has 5 heteroatoms. The first-order valence-corrected chi connectivity index (χ1v) is 5.55. The van der Waals surface area contributed by atoms with Gasteiger partial charge in [-0.2, -0.15) is 0 Å². The van der Waals surface area contributed by atoms with E-state index in [2.05, 4.69) is 0 Å². The lowest BCUT2D eigenvalue weighted by atomic mass is 10.1. The third kappa shape index (κ3) is 2.88. The first-order valence-electron chi connectivity index (χ1n) is 5.55. The van der Waals surface area contributed by atoms with Gasteiger partial charge in [-0.1, -0.05) is 11.6 Å². The van der Waals surface area contributed by atoms with Gasteiger partial charge in [-0.05, 0) is 31.2 Å². The zero-order valence-corrected chi connectivity index (χ0v) is 10.2. The van der Waals surface area contributed by atoms with Gasteiger partial charge in [0.05, 0.1) is 5.56 Å². The summed E-state index contributed by atoms with van der Waals surface area (Å²) in [5.74, 6) is -1.52. The fourth-order valence-corrected chi connectivity index (χ4v) is 1.62. The van der Waals surface area contributed by atoms with Gasteiger partial charge in [-0.25, -0.2) is 8.78 Å². The molecule has 0 spiro atoms. The largest absolute Gasteiger partial charge is 0.453 e. The molecular formula is C14H12F2N2O. The molecule has 2 aromatic carbocycles. The highest BCUT2D eigenvalue weighted by molar-refractivity contribution is 5.97. The van der Waals surface area contributed by atoms with Gasteiger partial charge < -0.3 is 10.5 Å². The van der Waals surface area contributed by atoms with E-state index in [1.807, 2.05) is 6.92 Å². The quantitative estimate of drug-likeness (QED) is 0.658. The van der Waals surface area contributed by atoms with Crippen LogP contribution >= 0.6 is 0 Å². The Hall–Kier alpha value is -2.43. The maximum Gasteiger partial charge on any atom is 0.166 e. The monoisotopic (exact) mass is 262 g/mol. The second-order valence-electron chi connectivity index (χ2n) is 4.09. The molecule has 0 amide bonds.